The number of carbonyl (C=O) groups excluding carboxylic acids is 3. The van der Waals surface area contributed by atoms with Crippen LogP contribution in [0, 0.1) is 11.8 Å². The van der Waals surface area contributed by atoms with Crippen LogP contribution in [0.15, 0.2) is 54.2 Å². The lowest BCUT2D eigenvalue weighted by molar-refractivity contribution is -0.158. The van der Waals surface area contributed by atoms with E-state index in [1.165, 1.54) is 11.1 Å². The number of carbonyl (C=O) groups is 4. The Morgan fingerprint density at radius 3 is 2.17 bits per heavy atom. The second kappa shape index (κ2) is 13.6. The second-order valence-corrected chi connectivity index (χ2v) is 16.5. The highest BCUT2D eigenvalue weighted by molar-refractivity contribution is 7.18. The number of piperidine rings is 2. The number of carboxylic acid groups (broad SMARTS) is 1. The quantitative estimate of drug-likeness (QED) is 0.171. The van der Waals surface area contributed by atoms with Gasteiger partial charge in [-0.2, -0.15) is 0 Å². The average molecular weight is 738 g/mol. The molecule has 2 unspecified atom stereocenters. The number of benzene rings is 2. The zero-order valence-corrected chi connectivity index (χ0v) is 30.5. The van der Waals surface area contributed by atoms with E-state index in [9.17, 15) is 24.3 Å². The molecule has 3 fully saturated rings. The summed E-state index contributed by atoms with van der Waals surface area (Å²) >= 11 is 3.18. The molecule has 8 rings (SSSR count). The summed E-state index contributed by atoms with van der Waals surface area (Å²) in [6.45, 7) is 5.02. The molecule has 3 amide bonds. The number of nitrogen functional groups attached to an aromatic ring is 1. The number of thiazole rings is 2. The van der Waals surface area contributed by atoms with Gasteiger partial charge < -0.3 is 26.0 Å². The number of aromatic nitrogens is 3. The van der Waals surface area contributed by atoms with E-state index < -0.39 is 23.7 Å². The maximum absolute atomic E-state index is 13.7. The first-order chi connectivity index (χ1) is 25.0. The van der Waals surface area contributed by atoms with Gasteiger partial charge in [-0.05, 0) is 91.3 Å². The highest BCUT2D eigenvalue weighted by atomic mass is 32.1. The van der Waals surface area contributed by atoms with Crippen LogP contribution in [-0.4, -0.2) is 66.6 Å². The molecule has 14 heteroatoms. The Morgan fingerprint density at radius 2 is 1.48 bits per heavy atom. The molecular weight excluding hydrogens is 699 g/mol. The number of likely N-dealkylation sites (tertiary alicyclic amines) is 2. The Kier molecular flexibility index (Phi) is 8.90. The summed E-state index contributed by atoms with van der Waals surface area (Å²) in [7, 11) is 0. The van der Waals surface area contributed by atoms with E-state index in [2.05, 4.69) is 22.2 Å². The monoisotopic (exact) mass is 737 g/mol. The maximum Gasteiger partial charge on any atom is 0.394 e. The minimum absolute atomic E-state index is 0.0524. The standard InChI is InChI=1S/C38H39N7O5S2/c1-19-3-7-29(21-5-9-31-27(11-21)41-18-51-31)44(16-19)36(47)34(46)42-23-13-25(33(39)40-15-23)24-14-26(24)35-43-28-12-22(6-10-32(28)52-35)30-8-4-20(2)17-45(30)37(48)38(49)50/h5-6,9-13,15,18-20,24,26,29-30H,3-4,7-8,14,16-17H2,1-2H3,(H2,39,40)(H,42,46)(H,49,50)/t19-,20-,24?,26?,29+,30+/m0/s1. The highest BCUT2D eigenvalue weighted by Crippen LogP contribution is 2.57. The van der Waals surface area contributed by atoms with Crippen LogP contribution in [0.1, 0.15) is 91.6 Å². The Labute approximate surface area is 308 Å². The number of rotatable bonds is 5. The van der Waals surface area contributed by atoms with Crippen LogP contribution in [0.4, 0.5) is 11.5 Å². The molecule has 1 aliphatic carbocycles. The lowest BCUT2D eigenvalue weighted by Crippen LogP contribution is -2.46. The van der Waals surface area contributed by atoms with Gasteiger partial charge in [-0.1, -0.05) is 26.0 Å². The van der Waals surface area contributed by atoms with Crippen molar-refractivity contribution in [3.05, 3.63) is 75.9 Å². The lowest BCUT2D eigenvalue weighted by Gasteiger charge is -2.38. The number of pyridine rings is 1. The van der Waals surface area contributed by atoms with Gasteiger partial charge in [0.25, 0.3) is 0 Å². The van der Waals surface area contributed by atoms with Crippen molar-refractivity contribution < 1.29 is 24.3 Å². The van der Waals surface area contributed by atoms with Gasteiger partial charge in [0.2, 0.25) is 0 Å². The first kappa shape index (κ1) is 34.2. The third-order valence-corrected chi connectivity index (χ3v) is 12.8. The molecule has 268 valence electrons. The van der Waals surface area contributed by atoms with Crippen molar-refractivity contribution in [2.45, 2.75) is 69.9 Å². The number of fused-ring (bicyclic) bond motifs is 2. The fraction of sp³-hybridized carbons (Fsp3) is 0.395. The van der Waals surface area contributed by atoms with Crippen LogP contribution in [0.3, 0.4) is 0 Å². The number of aliphatic carboxylic acids is 1. The van der Waals surface area contributed by atoms with E-state index >= 15 is 0 Å². The number of hydrogen-bond acceptors (Lipinski definition) is 10. The van der Waals surface area contributed by atoms with Crippen LogP contribution in [-0.2, 0) is 19.2 Å². The van der Waals surface area contributed by atoms with Crippen molar-refractivity contribution in [1.29, 1.82) is 0 Å². The first-order valence-electron chi connectivity index (χ1n) is 17.7. The van der Waals surface area contributed by atoms with Crippen molar-refractivity contribution >= 4 is 78.3 Å². The highest BCUT2D eigenvalue weighted by Gasteiger charge is 2.44. The normalized spacial score (nSPS) is 24.6. The van der Waals surface area contributed by atoms with Gasteiger partial charge in [0, 0.05) is 24.6 Å². The number of nitrogens with zero attached hydrogens (tertiary/aromatic N) is 5. The Morgan fingerprint density at radius 1 is 0.827 bits per heavy atom. The summed E-state index contributed by atoms with van der Waals surface area (Å²) in [5, 5.41) is 13.2. The van der Waals surface area contributed by atoms with Crippen LogP contribution >= 0.6 is 22.7 Å². The van der Waals surface area contributed by atoms with E-state index in [4.69, 9.17) is 10.7 Å². The first-order valence-corrected chi connectivity index (χ1v) is 19.4. The van der Waals surface area contributed by atoms with E-state index in [0.717, 1.165) is 67.8 Å². The minimum atomic E-state index is -1.44. The summed E-state index contributed by atoms with van der Waals surface area (Å²) < 4.78 is 2.09. The van der Waals surface area contributed by atoms with Crippen molar-refractivity contribution in [2.24, 2.45) is 11.8 Å². The molecule has 0 bridgehead atoms. The molecule has 2 saturated heterocycles. The number of amides is 3. The molecular formula is C38H39N7O5S2. The largest absolute Gasteiger partial charge is 0.474 e. The third-order valence-electron chi connectivity index (χ3n) is 10.8. The molecule has 52 heavy (non-hydrogen) atoms. The lowest BCUT2D eigenvalue weighted by atomic mass is 9.89. The van der Waals surface area contributed by atoms with Crippen molar-refractivity contribution in [2.75, 3.05) is 24.1 Å². The molecule has 5 aromatic rings. The topological polar surface area (TPSA) is 172 Å². The zero-order chi connectivity index (χ0) is 36.3. The van der Waals surface area contributed by atoms with E-state index in [1.807, 2.05) is 54.9 Å². The molecule has 4 N–H and O–H groups in total. The predicted molar refractivity (Wildman–Crippen MR) is 200 cm³/mol. The van der Waals surface area contributed by atoms with Gasteiger partial charge in [-0.15, -0.1) is 22.7 Å². The number of nitrogens with two attached hydrogens (primary N) is 1. The summed E-state index contributed by atoms with van der Waals surface area (Å²) in [5.41, 5.74) is 13.0. The molecule has 0 spiro atoms. The summed E-state index contributed by atoms with van der Waals surface area (Å²) in [6, 6.07) is 13.3. The van der Waals surface area contributed by atoms with Gasteiger partial charge in [0.05, 0.1) is 54.9 Å². The SMILES string of the molecule is C[C@H]1CC[C@H](c2ccc3sc(C4CC4c4cc(NC(=O)C(=O)N5C[C@@H](C)CC[C@@H]5c5ccc6scnc6c5)cnc4N)nc3c2)N(C(=O)C(=O)O)C1. The van der Waals surface area contributed by atoms with E-state index in [1.54, 1.807) is 27.6 Å². The van der Waals surface area contributed by atoms with Crippen LogP contribution in [0.25, 0.3) is 20.4 Å². The van der Waals surface area contributed by atoms with Crippen molar-refractivity contribution in [3.8, 4) is 0 Å². The summed E-state index contributed by atoms with van der Waals surface area (Å²) in [5.74, 6) is -2.56. The minimum Gasteiger partial charge on any atom is -0.474 e. The Balaban J connectivity index is 0.970. The number of carboxylic acids is 1. The van der Waals surface area contributed by atoms with Crippen molar-refractivity contribution in [1.82, 2.24) is 24.8 Å². The molecule has 1 saturated carbocycles. The molecule has 0 radical (unpaired) electrons. The molecule has 2 aromatic carbocycles. The average Bonchev–Trinajstić information content (AvgIpc) is 3.58. The fourth-order valence-corrected chi connectivity index (χ4v) is 9.75. The maximum atomic E-state index is 13.7. The molecule has 6 atom stereocenters. The molecule has 3 aliphatic rings. The molecule has 2 aliphatic heterocycles. The Bertz CT molecular complexity index is 2240. The van der Waals surface area contributed by atoms with Gasteiger partial charge in [0.1, 0.15) is 5.82 Å². The number of nitrogens with one attached hydrogen (secondary N) is 1. The second-order valence-electron chi connectivity index (χ2n) is 14.6. The smallest absolute Gasteiger partial charge is 0.394 e. The predicted octanol–water partition coefficient (Wildman–Crippen LogP) is 6.48. The summed E-state index contributed by atoms with van der Waals surface area (Å²) in [6.07, 6.45) is 5.62. The van der Waals surface area contributed by atoms with Crippen LogP contribution in [0.2, 0.25) is 0 Å². The Hall–Kier alpha value is -4.95. The molecule has 3 aromatic heterocycles. The molecule has 5 heterocycles. The summed E-state index contributed by atoms with van der Waals surface area (Å²) in [4.78, 5) is 68.2. The fourth-order valence-electron chi connectivity index (χ4n) is 7.96. The van der Waals surface area contributed by atoms with Gasteiger partial charge in [-0.25, -0.2) is 19.7 Å². The van der Waals surface area contributed by atoms with Gasteiger partial charge >= 0.3 is 23.7 Å². The number of hydrogen-bond donors (Lipinski definition) is 3. The molecule has 12 nitrogen and oxygen atoms in total. The van der Waals surface area contributed by atoms with Crippen LogP contribution in [0.5, 0.6) is 0 Å². The van der Waals surface area contributed by atoms with E-state index in [0.29, 0.717) is 31.0 Å². The van der Waals surface area contributed by atoms with E-state index in [-0.39, 0.29) is 35.8 Å². The van der Waals surface area contributed by atoms with Gasteiger partial charge in [-0.3, -0.25) is 14.4 Å². The zero-order valence-electron chi connectivity index (χ0n) is 28.8. The number of anilines is 2. The third kappa shape index (κ3) is 6.49. The van der Waals surface area contributed by atoms with Gasteiger partial charge in [0.15, 0.2) is 0 Å². The van der Waals surface area contributed by atoms with Crippen LogP contribution < -0.4 is 11.1 Å². The van der Waals surface area contributed by atoms with Crippen molar-refractivity contribution in [3.63, 3.8) is 0 Å².